The van der Waals surface area contributed by atoms with Gasteiger partial charge in [-0.3, -0.25) is 14.4 Å². The Labute approximate surface area is 222 Å². The molecule has 202 valence electrons. The first-order chi connectivity index (χ1) is 16.9. The van der Waals surface area contributed by atoms with Gasteiger partial charge >= 0.3 is 5.97 Å². The molecule has 0 radical (unpaired) electrons. The van der Waals surface area contributed by atoms with E-state index in [1.165, 1.54) is 0 Å². The molecule has 0 amide bonds. The van der Waals surface area contributed by atoms with Crippen molar-refractivity contribution in [3.05, 3.63) is 23.3 Å². The van der Waals surface area contributed by atoms with E-state index in [2.05, 4.69) is 40.7 Å². The first kappa shape index (κ1) is 27.8. The maximum atomic E-state index is 14.0. The van der Waals surface area contributed by atoms with Crippen LogP contribution in [0.5, 0.6) is 0 Å². The van der Waals surface area contributed by atoms with Crippen LogP contribution in [0.3, 0.4) is 0 Å². The molecule has 0 spiro atoms. The number of carbonyl (C=O) groups excluding carboxylic acids is 2. The fraction of sp³-hybridized carbons (Fsp3) is 0.750. The highest BCUT2D eigenvalue weighted by Crippen LogP contribution is 2.70. The van der Waals surface area contributed by atoms with Crippen molar-refractivity contribution in [1.29, 1.82) is 5.26 Å². The Kier molecular flexibility index (Phi) is 6.30. The van der Waals surface area contributed by atoms with Crippen molar-refractivity contribution in [3.8, 4) is 6.07 Å². The summed E-state index contributed by atoms with van der Waals surface area (Å²) in [6, 6.07) is 2.15. The average molecular weight is 508 g/mol. The molecule has 0 bridgehead atoms. The topological polar surface area (TPSA) is 95.2 Å². The SMILES string of the molecule is CC1(C)CCC2C(=O)C=C3[C@@]4(C)C=C(C#N)C(=O)C(C)(C)C4CC[C@@]3(C)[C@]2(C)CC[C@@](C)(C(=O)O)CC1. The lowest BCUT2D eigenvalue weighted by Crippen LogP contribution is -2.60. The van der Waals surface area contributed by atoms with E-state index in [4.69, 9.17) is 0 Å². The van der Waals surface area contributed by atoms with Gasteiger partial charge in [0.2, 0.25) is 0 Å². The third kappa shape index (κ3) is 3.88. The Hall–Kier alpha value is -2.22. The number of fused-ring (bicyclic) bond motifs is 5. The van der Waals surface area contributed by atoms with Gasteiger partial charge in [-0.2, -0.15) is 5.26 Å². The van der Waals surface area contributed by atoms with Crippen molar-refractivity contribution in [2.24, 2.45) is 44.3 Å². The number of Topliss-reactive ketones (excluding diaryl/α,β-unsaturated/α-hetero) is 1. The molecule has 0 saturated heterocycles. The van der Waals surface area contributed by atoms with Gasteiger partial charge in [-0.15, -0.1) is 0 Å². The second-order valence-electron chi connectivity index (χ2n) is 14.9. The van der Waals surface area contributed by atoms with Crippen LogP contribution in [-0.2, 0) is 14.4 Å². The Bertz CT molecular complexity index is 1150. The van der Waals surface area contributed by atoms with Crippen LogP contribution in [0.1, 0.15) is 107 Å². The van der Waals surface area contributed by atoms with Crippen molar-refractivity contribution in [3.63, 3.8) is 0 Å². The van der Waals surface area contributed by atoms with Gasteiger partial charge in [0.25, 0.3) is 0 Å². The average Bonchev–Trinajstić information content (AvgIpc) is 2.80. The maximum absolute atomic E-state index is 14.0. The maximum Gasteiger partial charge on any atom is 0.309 e. The summed E-state index contributed by atoms with van der Waals surface area (Å²) in [5, 5.41) is 20.1. The van der Waals surface area contributed by atoms with Crippen LogP contribution in [0.4, 0.5) is 0 Å². The van der Waals surface area contributed by atoms with E-state index in [9.17, 15) is 24.8 Å². The second-order valence-corrected chi connectivity index (χ2v) is 14.9. The lowest BCUT2D eigenvalue weighted by molar-refractivity contribution is -0.151. The number of nitriles is 1. The molecule has 0 aromatic carbocycles. The minimum Gasteiger partial charge on any atom is -0.481 e. The second kappa shape index (κ2) is 8.39. The molecular weight excluding hydrogens is 462 g/mol. The van der Waals surface area contributed by atoms with Gasteiger partial charge in [0.15, 0.2) is 11.6 Å². The Balaban J connectivity index is 1.91. The predicted molar refractivity (Wildman–Crippen MR) is 143 cm³/mol. The van der Waals surface area contributed by atoms with Crippen LogP contribution in [0.2, 0.25) is 0 Å². The fourth-order valence-electron chi connectivity index (χ4n) is 8.80. The lowest BCUT2D eigenvalue weighted by atomic mass is 9.38. The number of hydrogen-bond acceptors (Lipinski definition) is 4. The van der Waals surface area contributed by atoms with Crippen LogP contribution >= 0.6 is 0 Å². The Morgan fingerprint density at radius 2 is 1.54 bits per heavy atom. The minimum atomic E-state index is -0.836. The van der Waals surface area contributed by atoms with Gasteiger partial charge in [0.1, 0.15) is 6.07 Å². The highest BCUT2D eigenvalue weighted by atomic mass is 16.4. The molecule has 5 heteroatoms. The summed E-state index contributed by atoms with van der Waals surface area (Å²) in [7, 11) is 0. The number of aliphatic carboxylic acids is 1. The number of carboxylic acid groups (broad SMARTS) is 1. The first-order valence-electron chi connectivity index (χ1n) is 14.1. The van der Waals surface area contributed by atoms with Crippen LogP contribution in [0.25, 0.3) is 0 Å². The van der Waals surface area contributed by atoms with E-state index in [0.717, 1.165) is 37.7 Å². The van der Waals surface area contributed by atoms with Crippen LogP contribution in [0, 0.1) is 55.7 Å². The molecule has 37 heavy (non-hydrogen) atoms. The zero-order valence-corrected chi connectivity index (χ0v) is 24.1. The molecule has 0 aromatic rings. The summed E-state index contributed by atoms with van der Waals surface area (Å²) in [4.78, 5) is 39.7. The first-order valence-corrected chi connectivity index (χ1v) is 14.1. The monoisotopic (exact) mass is 507 g/mol. The largest absolute Gasteiger partial charge is 0.481 e. The molecule has 0 heterocycles. The van der Waals surface area contributed by atoms with E-state index in [1.54, 1.807) is 0 Å². The van der Waals surface area contributed by atoms with Gasteiger partial charge in [-0.25, -0.2) is 0 Å². The van der Waals surface area contributed by atoms with Gasteiger partial charge in [0.05, 0.1) is 11.0 Å². The van der Waals surface area contributed by atoms with E-state index >= 15 is 0 Å². The van der Waals surface area contributed by atoms with E-state index in [-0.39, 0.29) is 39.8 Å². The Morgan fingerprint density at radius 1 is 0.919 bits per heavy atom. The third-order valence-corrected chi connectivity index (χ3v) is 11.9. The number of carbonyl (C=O) groups is 3. The van der Waals surface area contributed by atoms with Crippen LogP contribution in [0.15, 0.2) is 23.3 Å². The molecule has 2 saturated carbocycles. The normalized spacial score (nSPS) is 43.2. The van der Waals surface area contributed by atoms with Gasteiger partial charge in [-0.1, -0.05) is 60.1 Å². The molecule has 4 rings (SSSR count). The summed E-state index contributed by atoms with van der Waals surface area (Å²) in [5.74, 6) is -0.899. The molecule has 4 aliphatic carbocycles. The van der Waals surface area contributed by atoms with Gasteiger partial charge in [-0.05, 0) is 86.5 Å². The number of nitrogens with zero attached hydrogens (tertiary/aromatic N) is 1. The summed E-state index contributed by atoms with van der Waals surface area (Å²) < 4.78 is 0. The van der Waals surface area contributed by atoms with Crippen molar-refractivity contribution in [2.75, 3.05) is 0 Å². The Morgan fingerprint density at radius 3 is 2.14 bits per heavy atom. The highest BCUT2D eigenvalue weighted by Gasteiger charge is 2.65. The molecule has 4 aliphatic rings. The summed E-state index contributed by atoms with van der Waals surface area (Å²) in [6.45, 7) is 16.8. The molecular formula is C32H45NO4. The molecule has 0 aromatic heterocycles. The van der Waals surface area contributed by atoms with Crippen LogP contribution in [-0.4, -0.2) is 22.6 Å². The van der Waals surface area contributed by atoms with Crippen molar-refractivity contribution in [1.82, 2.24) is 0 Å². The standard InChI is InChI=1S/C32H45NO4/c1-27(2)11-9-21-22(34)17-24-30(6)18-20(19-33)25(35)28(3,4)23(30)10-12-32(24,8)31(21,7)16-15-29(5,14-13-27)26(36)37/h17-18,21,23H,9-16H2,1-8H3,(H,36,37)/t21?,23?,29-,30-,31+,32+/m0/s1. The number of ketones is 2. The predicted octanol–water partition coefficient (Wildman–Crippen LogP) is 7.07. The summed E-state index contributed by atoms with van der Waals surface area (Å²) in [6.07, 6.45) is 9.76. The van der Waals surface area contributed by atoms with Crippen molar-refractivity contribution < 1.29 is 19.5 Å². The third-order valence-electron chi connectivity index (χ3n) is 11.9. The number of carboxylic acids is 1. The summed E-state index contributed by atoms with van der Waals surface area (Å²) >= 11 is 0. The van der Waals surface area contributed by atoms with Crippen molar-refractivity contribution in [2.45, 2.75) is 107 Å². The van der Waals surface area contributed by atoms with E-state index in [0.29, 0.717) is 19.3 Å². The fourth-order valence-corrected chi connectivity index (χ4v) is 8.80. The summed E-state index contributed by atoms with van der Waals surface area (Å²) in [5.41, 5.74) is -1.67. The zero-order chi connectivity index (χ0) is 27.8. The van der Waals surface area contributed by atoms with Gasteiger partial charge < -0.3 is 5.11 Å². The molecule has 5 nitrogen and oxygen atoms in total. The molecule has 6 atom stereocenters. The quantitative estimate of drug-likeness (QED) is 0.409. The van der Waals surface area contributed by atoms with Crippen LogP contribution < -0.4 is 0 Å². The van der Waals surface area contributed by atoms with Gasteiger partial charge in [0, 0.05) is 16.7 Å². The van der Waals surface area contributed by atoms with E-state index < -0.39 is 27.6 Å². The molecule has 1 N–H and O–H groups in total. The zero-order valence-electron chi connectivity index (χ0n) is 24.1. The molecule has 0 aliphatic heterocycles. The van der Waals surface area contributed by atoms with E-state index in [1.807, 2.05) is 32.9 Å². The smallest absolute Gasteiger partial charge is 0.309 e. The number of hydrogen-bond donors (Lipinski definition) is 1. The molecule has 2 unspecified atom stereocenters. The minimum absolute atomic E-state index is 0.000345. The molecule has 2 fully saturated rings. The number of rotatable bonds is 1. The lowest BCUT2D eigenvalue weighted by Gasteiger charge is -2.65. The highest BCUT2D eigenvalue weighted by molar-refractivity contribution is 6.04. The van der Waals surface area contributed by atoms with Crippen molar-refractivity contribution >= 4 is 17.5 Å². The number of allylic oxidation sites excluding steroid dienone is 4.